The summed E-state index contributed by atoms with van der Waals surface area (Å²) in [5.41, 5.74) is 2.72. The zero-order chi connectivity index (χ0) is 30.5. The predicted molar refractivity (Wildman–Crippen MR) is 166 cm³/mol. The minimum Gasteiger partial charge on any atom is -0.493 e. The van der Waals surface area contributed by atoms with Crippen molar-refractivity contribution in [1.82, 2.24) is 19.7 Å². The van der Waals surface area contributed by atoms with Gasteiger partial charge in [0.25, 0.3) is 5.91 Å². The number of aromatic nitrogens is 3. The van der Waals surface area contributed by atoms with E-state index in [0.717, 1.165) is 43.5 Å². The van der Waals surface area contributed by atoms with Crippen LogP contribution >= 0.6 is 23.4 Å². The zero-order valence-corrected chi connectivity index (χ0v) is 26.3. The lowest BCUT2D eigenvalue weighted by Crippen LogP contribution is -2.38. The predicted octanol–water partition coefficient (Wildman–Crippen LogP) is 5.86. The third kappa shape index (κ3) is 7.10. The third-order valence-corrected chi connectivity index (χ3v) is 8.53. The number of anilines is 1. The molecule has 0 saturated carbocycles. The highest BCUT2D eigenvalue weighted by Crippen LogP contribution is 2.40. The number of thioether (sulfide) groups is 1. The van der Waals surface area contributed by atoms with Gasteiger partial charge in [-0.2, -0.15) is 4.98 Å². The molecule has 10 nitrogen and oxygen atoms in total. The highest BCUT2D eigenvalue weighted by atomic mass is 35.5. The Morgan fingerprint density at radius 3 is 2.60 bits per heavy atom. The fraction of sp³-hybridized carbons (Fsp3) is 0.419. The summed E-state index contributed by atoms with van der Waals surface area (Å²) < 4.78 is 18.9. The van der Waals surface area contributed by atoms with Crippen LogP contribution in [0.1, 0.15) is 57.2 Å². The van der Waals surface area contributed by atoms with Crippen LogP contribution in [0.5, 0.6) is 11.5 Å². The number of likely N-dealkylation sites (tertiary alicyclic amines) is 1. The van der Waals surface area contributed by atoms with Crippen molar-refractivity contribution in [1.29, 1.82) is 0 Å². The Morgan fingerprint density at radius 2 is 1.88 bits per heavy atom. The molecular formula is C31H36ClN5O5S. The molecule has 3 heterocycles. The van der Waals surface area contributed by atoms with Crippen molar-refractivity contribution in [2.75, 3.05) is 32.1 Å². The molecule has 1 unspecified atom stereocenters. The number of carbonyl (C=O) groups excluding carboxylic acids is 2. The summed E-state index contributed by atoms with van der Waals surface area (Å²) in [5.74, 6) is 1.45. The van der Waals surface area contributed by atoms with E-state index in [-0.39, 0.29) is 18.6 Å². The van der Waals surface area contributed by atoms with Gasteiger partial charge < -0.3 is 24.4 Å². The van der Waals surface area contributed by atoms with E-state index in [1.807, 2.05) is 56.0 Å². The molecule has 2 aromatic carbocycles. The summed E-state index contributed by atoms with van der Waals surface area (Å²) in [5, 5.41) is 9.22. The molecule has 2 aliphatic rings. The fourth-order valence-electron chi connectivity index (χ4n) is 5.15. The lowest BCUT2D eigenvalue weighted by molar-refractivity contribution is -0.143. The number of fused-ring (bicyclic) bond motifs is 1. The number of nitrogens with zero attached hydrogens (tertiary/aromatic N) is 4. The van der Waals surface area contributed by atoms with E-state index in [1.54, 1.807) is 23.9 Å². The van der Waals surface area contributed by atoms with Crippen molar-refractivity contribution in [3.8, 4) is 11.5 Å². The Morgan fingerprint density at radius 1 is 1.12 bits per heavy atom. The van der Waals surface area contributed by atoms with E-state index >= 15 is 0 Å². The number of piperidine rings is 1. The number of allylic oxidation sites excluding steroid dienone is 1. The van der Waals surface area contributed by atoms with Crippen molar-refractivity contribution in [2.24, 2.45) is 0 Å². The number of nitrogens with one attached hydrogen (secondary N) is 1. The molecule has 12 heteroatoms. The monoisotopic (exact) mass is 625 g/mol. The van der Waals surface area contributed by atoms with Crippen LogP contribution in [-0.4, -0.2) is 64.5 Å². The first-order chi connectivity index (χ1) is 20.7. The molecule has 1 aromatic heterocycles. The van der Waals surface area contributed by atoms with E-state index in [0.29, 0.717) is 44.6 Å². The minimum absolute atomic E-state index is 0.0458. The number of rotatable bonds is 10. The van der Waals surface area contributed by atoms with Crippen LogP contribution in [0.3, 0.4) is 0 Å². The van der Waals surface area contributed by atoms with E-state index in [1.165, 1.54) is 11.8 Å². The van der Waals surface area contributed by atoms with Crippen molar-refractivity contribution < 1.29 is 23.8 Å². The molecular weight excluding hydrogens is 590 g/mol. The standard InChI is InChI=1S/C31H36ClN5O5S/c1-19(2)42-29(39)27-20(3)33-30-34-31(43-18-22-10-6-7-11-23(22)32)35-37(30)28(27)21-12-13-24(25(16-21)40-4)41-17-26(38)36-14-8-5-9-15-36/h6-7,10-13,16,19,28H,5,8-9,14-15,17-18H2,1-4H3,(H,33,34,35). The number of methoxy groups -OCH3 is 1. The first-order valence-electron chi connectivity index (χ1n) is 14.3. The van der Waals surface area contributed by atoms with Crippen molar-refractivity contribution in [3.63, 3.8) is 0 Å². The number of esters is 1. The molecule has 228 valence electrons. The van der Waals surface area contributed by atoms with Crippen molar-refractivity contribution in [3.05, 3.63) is 69.9 Å². The lowest BCUT2D eigenvalue weighted by atomic mass is 9.95. The number of halogens is 1. The molecule has 0 aliphatic carbocycles. The fourth-order valence-corrected chi connectivity index (χ4v) is 6.26. The van der Waals surface area contributed by atoms with Gasteiger partial charge in [0.15, 0.2) is 18.1 Å². The Hall–Kier alpha value is -3.70. The molecule has 0 radical (unpaired) electrons. The summed E-state index contributed by atoms with van der Waals surface area (Å²) in [6, 6.07) is 12.4. The maximum absolute atomic E-state index is 13.4. The van der Waals surface area contributed by atoms with E-state index in [9.17, 15) is 9.59 Å². The molecule has 0 spiro atoms. The summed E-state index contributed by atoms with van der Waals surface area (Å²) in [4.78, 5) is 32.7. The average Bonchev–Trinajstić information content (AvgIpc) is 3.41. The van der Waals surface area contributed by atoms with Crippen LogP contribution in [0.25, 0.3) is 0 Å². The summed E-state index contributed by atoms with van der Waals surface area (Å²) in [6.07, 6.45) is 2.86. The van der Waals surface area contributed by atoms with Crippen molar-refractivity contribution in [2.45, 2.75) is 63.1 Å². The zero-order valence-electron chi connectivity index (χ0n) is 24.8. The van der Waals surface area contributed by atoms with Crippen LogP contribution in [0.4, 0.5) is 5.95 Å². The number of benzene rings is 2. The van der Waals surface area contributed by atoms with E-state index in [2.05, 4.69) is 5.32 Å². The van der Waals surface area contributed by atoms with Crippen LogP contribution in [0, 0.1) is 0 Å². The van der Waals surface area contributed by atoms with Gasteiger partial charge in [-0.25, -0.2) is 9.48 Å². The molecule has 1 atom stereocenters. The molecule has 43 heavy (non-hydrogen) atoms. The quantitative estimate of drug-likeness (QED) is 0.219. The van der Waals surface area contributed by atoms with Gasteiger partial charge in [-0.3, -0.25) is 4.79 Å². The number of amides is 1. The van der Waals surface area contributed by atoms with Gasteiger partial charge in [0, 0.05) is 29.6 Å². The maximum atomic E-state index is 13.4. The van der Waals surface area contributed by atoms with Gasteiger partial charge in [-0.15, -0.1) is 5.10 Å². The Labute approximate surface area is 260 Å². The SMILES string of the molecule is COc1cc(C2C(C(=O)OC(C)C)=C(C)Nc3nc(SCc4ccccc4Cl)nn32)ccc1OCC(=O)N1CCCCC1. The lowest BCUT2D eigenvalue weighted by Gasteiger charge is -2.29. The maximum Gasteiger partial charge on any atom is 0.338 e. The average molecular weight is 626 g/mol. The van der Waals surface area contributed by atoms with E-state index in [4.69, 9.17) is 35.9 Å². The number of ether oxygens (including phenoxy) is 3. The largest absolute Gasteiger partial charge is 0.493 e. The molecule has 5 rings (SSSR count). The molecule has 3 aromatic rings. The van der Waals surface area contributed by atoms with Crippen LogP contribution in [0.15, 0.2) is 58.9 Å². The van der Waals surface area contributed by atoms with Crippen molar-refractivity contribution >= 4 is 41.2 Å². The topological polar surface area (TPSA) is 108 Å². The summed E-state index contributed by atoms with van der Waals surface area (Å²) >= 11 is 7.81. The molecule has 1 N–H and O–H groups in total. The summed E-state index contributed by atoms with van der Waals surface area (Å²) in [7, 11) is 1.54. The second-order valence-corrected chi connectivity index (χ2v) is 12.1. The van der Waals surface area contributed by atoms with E-state index < -0.39 is 12.0 Å². The van der Waals surface area contributed by atoms with Gasteiger partial charge in [0.05, 0.1) is 18.8 Å². The summed E-state index contributed by atoms with van der Waals surface area (Å²) in [6.45, 7) is 6.88. The van der Waals surface area contributed by atoms with Gasteiger partial charge >= 0.3 is 5.97 Å². The van der Waals surface area contributed by atoms with Gasteiger partial charge in [-0.1, -0.05) is 47.6 Å². The Balaban J connectivity index is 1.44. The molecule has 1 amide bonds. The first kappa shape index (κ1) is 30.7. The second-order valence-electron chi connectivity index (χ2n) is 10.7. The first-order valence-corrected chi connectivity index (χ1v) is 15.7. The number of hydrogen-bond acceptors (Lipinski definition) is 9. The van der Waals surface area contributed by atoms with Crippen LogP contribution in [-0.2, 0) is 20.1 Å². The van der Waals surface area contributed by atoms with Gasteiger partial charge in [-0.05, 0) is 69.4 Å². The Kier molecular flexibility index (Phi) is 9.82. The minimum atomic E-state index is -0.650. The second kappa shape index (κ2) is 13.7. The molecule has 2 aliphatic heterocycles. The van der Waals surface area contributed by atoms with Gasteiger partial charge in [0.1, 0.15) is 6.04 Å². The molecule has 1 fully saturated rings. The Bertz CT molecular complexity index is 1520. The van der Waals surface area contributed by atoms with Gasteiger partial charge in [0.2, 0.25) is 11.1 Å². The third-order valence-electron chi connectivity index (χ3n) is 7.27. The highest BCUT2D eigenvalue weighted by Gasteiger charge is 2.36. The molecule has 1 saturated heterocycles. The number of hydrogen-bond donors (Lipinski definition) is 1. The van der Waals surface area contributed by atoms with Crippen LogP contribution in [0.2, 0.25) is 5.02 Å². The highest BCUT2D eigenvalue weighted by molar-refractivity contribution is 7.98. The van der Waals surface area contributed by atoms with Crippen LogP contribution < -0.4 is 14.8 Å². The normalized spacial score (nSPS) is 16.5. The number of carbonyl (C=O) groups is 2. The smallest absolute Gasteiger partial charge is 0.338 e. The molecule has 0 bridgehead atoms.